The van der Waals surface area contributed by atoms with Gasteiger partial charge in [-0.2, -0.15) is 0 Å². The van der Waals surface area contributed by atoms with Gasteiger partial charge in [-0.05, 0) is 42.5 Å². The first-order valence-electron chi connectivity index (χ1n) is 10.4. The van der Waals surface area contributed by atoms with Gasteiger partial charge in [-0.25, -0.2) is 0 Å². The van der Waals surface area contributed by atoms with E-state index in [1.807, 2.05) is 66.7 Å². The summed E-state index contributed by atoms with van der Waals surface area (Å²) in [7, 11) is 3.19. The molecule has 1 heterocycles. The summed E-state index contributed by atoms with van der Waals surface area (Å²) >= 11 is 0. The third kappa shape index (κ3) is 5.46. The number of nitrogens with zero attached hydrogens (tertiary/aromatic N) is 2. The van der Waals surface area contributed by atoms with Crippen LogP contribution in [0.4, 0.5) is 11.5 Å². The van der Waals surface area contributed by atoms with Crippen LogP contribution < -0.4 is 20.1 Å². The summed E-state index contributed by atoms with van der Waals surface area (Å²) in [5, 5.41) is 14.7. The average molecular weight is 441 g/mol. The smallest absolute Gasteiger partial charge is 0.251 e. The molecule has 7 heteroatoms. The van der Waals surface area contributed by atoms with Crippen molar-refractivity contribution < 1.29 is 14.3 Å². The lowest BCUT2D eigenvalue weighted by molar-refractivity contribution is 0.0950. The van der Waals surface area contributed by atoms with Crippen LogP contribution in [0.1, 0.15) is 15.9 Å². The number of aromatic nitrogens is 2. The Hall–Kier alpha value is -4.39. The predicted molar refractivity (Wildman–Crippen MR) is 128 cm³/mol. The van der Waals surface area contributed by atoms with Crippen molar-refractivity contribution >= 4 is 17.4 Å². The zero-order valence-electron chi connectivity index (χ0n) is 18.4. The molecule has 2 N–H and O–H groups in total. The van der Waals surface area contributed by atoms with Crippen LogP contribution in [0.2, 0.25) is 0 Å². The van der Waals surface area contributed by atoms with Crippen LogP contribution in [-0.4, -0.2) is 30.3 Å². The highest BCUT2D eigenvalue weighted by atomic mass is 16.5. The van der Waals surface area contributed by atoms with Gasteiger partial charge in [-0.3, -0.25) is 4.79 Å². The minimum atomic E-state index is -0.193. The maximum atomic E-state index is 12.7. The van der Waals surface area contributed by atoms with E-state index in [9.17, 15) is 4.79 Å². The second kappa shape index (κ2) is 10.3. The number of amides is 1. The standard InChI is InChI=1S/C26H24N4O3/c1-32-22-12-11-20(24(16-22)33-2)17-27-26(31)19-9-6-10-21(15-19)28-25-14-13-23(29-30-25)18-7-4-3-5-8-18/h3-16H,17H2,1-2H3,(H,27,31)(H,28,30). The van der Waals surface area contributed by atoms with E-state index in [0.717, 1.165) is 22.5 Å². The summed E-state index contributed by atoms with van der Waals surface area (Å²) in [6.07, 6.45) is 0. The van der Waals surface area contributed by atoms with Crippen molar-refractivity contribution in [2.24, 2.45) is 0 Å². The molecule has 33 heavy (non-hydrogen) atoms. The number of anilines is 2. The molecule has 0 aliphatic heterocycles. The second-order valence-corrected chi connectivity index (χ2v) is 7.24. The summed E-state index contributed by atoms with van der Waals surface area (Å²) in [5.74, 6) is 1.75. The fourth-order valence-corrected chi connectivity index (χ4v) is 3.32. The maximum Gasteiger partial charge on any atom is 0.251 e. The largest absolute Gasteiger partial charge is 0.497 e. The van der Waals surface area contributed by atoms with Crippen molar-refractivity contribution in [1.29, 1.82) is 0 Å². The number of methoxy groups -OCH3 is 2. The van der Waals surface area contributed by atoms with E-state index < -0.39 is 0 Å². The van der Waals surface area contributed by atoms with Gasteiger partial charge in [-0.15, -0.1) is 10.2 Å². The Morgan fingerprint density at radius 3 is 2.42 bits per heavy atom. The Labute approximate surface area is 192 Å². The topological polar surface area (TPSA) is 85.4 Å². The highest BCUT2D eigenvalue weighted by Gasteiger charge is 2.10. The minimum absolute atomic E-state index is 0.193. The SMILES string of the molecule is COc1ccc(CNC(=O)c2cccc(Nc3ccc(-c4ccccc4)nn3)c2)c(OC)c1. The number of carbonyl (C=O) groups excluding carboxylic acids is 1. The zero-order chi connectivity index (χ0) is 23.0. The molecule has 3 aromatic carbocycles. The molecule has 1 aromatic heterocycles. The summed E-state index contributed by atoms with van der Waals surface area (Å²) in [5.41, 5.74) is 3.93. The molecule has 0 spiro atoms. The molecule has 1 amide bonds. The monoisotopic (exact) mass is 440 g/mol. The molecule has 0 aliphatic carbocycles. The second-order valence-electron chi connectivity index (χ2n) is 7.24. The molecule has 0 radical (unpaired) electrons. The van der Waals surface area contributed by atoms with E-state index >= 15 is 0 Å². The van der Waals surface area contributed by atoms with Crippen LogP contribution in [-0.2, 0) is 6.54 Å². The lowest BCUT2D eigenvalue weighted by atomic mass is 10.1. The van der Waals surface area contributed by atoms with Crippen molar-refractivity contribution in [1.82, 2.24) is 15.5 Å². The molecule has 4 rings (SSSR count). The van der Waals surface area contributed by atoms with Gasteiger partial charge >= 0.3 is 0 Å². The molecule has 7 nitrogen and oxygen atoms in total. The first-order chi connectivity index (χ1) is 16.2. The van der Waals surface area contributed by atoms with E-state index in [-0.39, 0.29) is 5.91 Å². The van der Waals surface area contributed by atoms with E-state index in [4.69, 9.17) is 9.47 Å². The molecule has 0 fully saturated rings. The molecule has 0 atom stereocenters. The fourth-order valence-electron chi connectivity index (χ4n) is 3.32. The van der Waals surface area contributed by atoms with Crippen LogP contribution in [0.25, 0.3) is 11.3 Å². The number of carbonyl (C=O) groups is 1. The zero-order valence-corrected chi connectivity index (χ0v) is 18.4. The van der Waals surface area contributed by atoms with Crippen LogP contribution in [0.3, 0.4) is 0 Å². The lowest BCUT2D eigenvalue weighted by Gasteiger charge is -2.12. The van der Waals surface area contributed by atoms with E-state index in [0.29, 0.717) is 29.4 Å². The van der Waals surface area contributed by atoms with Crippen LogP contribution in [0.5, 0.6) is 11.5 Å². The van der Waals surface area contributed by atoms with E-state index in [2.05, 4.69) is 20.8 Å². The van der Waals surface area contributed by atoms with Crippen molar-refractivity contribution in [3.05, 3.63) is 96.1 Å². The van der Waals surface area contributed by atoms with Crippen LogP contribution in [0, 0.1) is 0 Å². The van der Waals surface area contributed by atoms with Crippen molar-refractivity contribution in [3.8, 4) is 22.8 Å². The maximum absolute atomic E-state index is 12.7. The number of ether oxygens (including phenoxy) is 2. The van der Waals surface area contributed by atoms with Gasteiger partial charge in [-0.1, -0.05) is 36.4 Å². The Morgan fingerprint density at radius 2 is 1.70 bits per heavy atom. The number of hydrogen-bond acceptors (Lipinski definition) is 6. The van der Waals surface area contributed by atoms with Gasteiger partial charge in [0, 0.05) is 35.0 Å². The summed E-state index contributed by atoms with van der Waals surface area (Å²) in [6.45, 7) is 0.329. The molecule has 0 aliphatic rings. The highest BCUT2D eigenvalue weighted by molar-refractivity contribution is 5.95. The quantitative estimate of drug-likeness (QED) is 0.408. The molecule has 0 bridgehead atoms. The van der Waals surface area contributed by atoms with Gasteiger partial charge in [0.2, 0.25) is 0 Å². The van der Waals surface area contributed by atoms with Crippen molar-refractivity contribution in [3.63, 3.8) is 0 Å². The van der Waals surface area contributed by atoms with Crippen molar-refractivity contribution in [2.45, 2.75) is 6.54 Å². The molecule has 4 aromatic rings. The first kappa shape index (κ1) is 21.8. The molecule has 0 saturated heterocycles. The Balaban J connectivity index is 1.41. The van der Waals surface area contributed by atoms with Crippen LogP contribution in [0.15, 0.2) is 84.9 Å². The summed E-state index contributed by atoms with van der Waals surface area (Å²) < 4.78 is 10.6. The highest BCUT2D eigenvalue weighted by Crippen LogP contribution is 2.25. The Morgan fingerprint density at radius 1 is 0.848 bits per heavy atom. The van der Waals surface area contributed by atoms with E-state index in [1.54, 1.807) is 32.4 Å². The van der Waals surface area contributed by atoms with Gasteiger partial charge in [0.05, 0.1) is 19.9 Å². The normalized spacial score (nSPS) is 10.4. The van der Waals surface area contributed by atoms with Gasteiger partial charge in [0.25, 0.3) is 5.91 Å². The van der Waals surface area contributed by atoms with Gasteiger partial charge in [0.15, 0.2) is 5.82 Å². The van der Waals surface area contributed by atoms with Crippen LogP contribution >= 0.6 is 0 Å². The van der Waals surface area contributed by atoms with Gasteiger partial charge < -0.3 is 20.1 Å². The Kier molecular flexibility index (Phi) is 6.80. The predicted octanol–water partition coefficient (Wildman–Crippen LogP) is 4.83. The first-order valence-corrected chi connectivity index (χ1v) is 10.4. The number of benzene rings is 3. The Bertz CT molecular complexity index is 1230. The molecule has 0 unspecified atom stereocenters. The number of hydrogen-bond donors (Lipinski definition) is 2. The average Bonchev–Trinajstić information content (AvgIpc) is 2.88. The summed E-state index contributed by atoms with van der Waals surface area (Å²) in [4.78, 5) is 12.7. The van der Waals surface area contributed by atoms with Crippen molar-refractivity contribution in [2.75, 3.05) is 19.5 Å². The fraction of sp³-hybridized carbons (Fsp3) is 0.115. The van der Waals surface area contributed by atoms with Gasteiger partial charge in [0.1, 0.15) is 11.5 Å². The molecule has 0 saturated carbocycles. The third-order valence-electron chi connectivity index (χ3n) is 5.06. The number of nitrogens with one attached hydrogen (secondary N) is 2. The van der Waals surface area contributed by atoms with E-state index in [1.165, 1.54) is 0 Å². The molecule has 166 valence electrons. The summed E-state index contributed by atoms with van der Waals surface area (Å²) in [6, 6.07) is 26.3. The molecular formula is C26H24N4O3. The number of rotatable bonds is 8. The molecular weight excluding hydrogens is 416 g/mol. The minimum Gasteiger partial charge on any atom is -0.497 e. The third-order valence-corrected chi connectivity index (χ3v) is 5.06. The lowest BCUT2D eigenvalue weighted by Crippen LogP contribution is -2.23.